The largest absolute Gasteiger partial charge is 0.300 e. The third-order valence-corrected chi connectivity index (χ3v) is 2.73. The predicted octanol–water partition coefficient (Wildman–Crippen LogP) is 3.85. The Morgan fingerprint density at radius 3 is 2.00 bits per heavy atom. The van der Waals surface area contributed by atoms with Gasteiger partial charge in [-0.3, -0.25) is 0 Å². The van der Waals surface area contributed by atoms with Crippen LogP contribution in [0.4, 0.5) is 0 Å². The first-order valence-corrected chi connectivity index (χ1v) is 6.11. The molecule has 0 fully saturated rings. The van der Waals surface area contributed by atoms with Gasteiger partial charge in [-0.15, -0.1) is 6.58 Å². The van der Waals surface area contributed by atoms with Gasteiger partial charge in [-0.25, -0.2) is 0 Å². The molecule has 0 spiro atoms. The maximum absolute atomic E-state index is 3.82. The SMILES string of the molecule is C=CCC(C)N(CCCC)CCCC. The molecule has 14 heavy (non-hydrogen) atoms. The summed E-state index contributed by atoms with van der Waals surface area (Å²) in [7, 11) is 0. The monoisotopic (exact) mass is 197 g/mol. The standard InChI is InChI=1S/C13H27N/c1-5-8-11-14(12-9-6-2)13(4)10-7-3/h7,13H,3,5-6,8-12H2,1-2,4H3. The highest BCUT2D eigenvalue weighted by Gasteiger charge is 2.10. The molecule has 0 aliphatic heterocycles. The van der Waals surface area contributed by atoms with Crippen molar-refractivity contribution in [2.45, 2.75) is 58.9 Å². The Morgan fingerprint density at radius 2 is 1.64 bits per heavy atom. The van der Waals surface area contributed by atoms with Gasteiger partial charge in [-0.05, 0) is 39.3 Å². The Kier molecular flexibility index (Phi) is 9.06. The van der Waals surface area contributed by atoms with Gasteiger partial charge in [0.05, 0.1) is 0 Å². The van der Waals surface area contributed by atoms with Gasteiger partial charge >= 0.3 is 0 Å². The molecule has 0 rings (SSSR count). The first kappa shape index (κ1) is 13.7. The highest BCUT2D eigenvalue weighted by molar-refractivity contribution is 4.77. The van der Waals surface area contributed by atoms with Crippen LogP contribution in [-0.2, 0) is 0 Å². The molecule has 0 amide bonds. The first-order chi connectivity index (χ1) is 6.76. The zero-order chi connectivity index (χ0) is 10.8. The van der Waals surface area contributed by atoms with Crippen LogP contribution in [0.1, 0.15) is 52.9 Å². The average Bonchev–Trinajstić information content (AvgIpc) is 2.18. The van der Waals surface area contributed by atoms with Crippen LogP contribution in [0.15, 0.2) is 12.7 Å². The molecule has 0 aliphatic rings. The summed E-state index contributed by atoms with van der Waals surface area (Å²) in [6.07, 6.45) is 8.40. The lowest BCUT2D eigenvalue weighted by molar-refractivity contribution is 0.203. The summed E-state index contributed by atoms with van der Waals surface area (Å²) in [5.74, 6) is 0. The van der Waals surface area contributed by atoms with Gasteiger partial charge in [0.15, 0.2) is 0 Å². The fraction of sp³-hybridized carbons (Fsp3) is 0.846. The molecule has 0 saturated carbocycles. The van der Waals surface area contributed by atoms with E-state index in [2.05, 4.69) is 32.3 Å². The predicted molar refractivity (Wildman–Crippen MR) is 65.7 cm³/mol. The van der Waals surface area contributed by atoms with E-state index in [1.165, 1.54) is 38.8 Å². The van der Waals surface area contributed by atoms with Crippen molar-refractivity contribution in [3.63, 3.8) is 0 Å². The van der Waals surface area contributed by atoms with E-state index in [0.29, 0.717) is 6.04 Å². The molecule has 0 aromatic carbocycles. The number of rotatable bonds is 9. The van der Waals surface area contributed by atoms with Crippen molar-refractivity contribution in [2.75, 3.05) is 13.1 Å². The third kappa shape index (κ3) is 6.20. The van der Waals surface area contributed by atoms with E-state index in [-0.39, 0.29) is 0 Å². The van der Waals surface area contributed by atoms with Crippen molar-refractivity contribution in [2.24, 2.45) is 0 Å². The molecule has 0 bridgehead atoms. The van der Waals surface area contributed by atoms with Gasteiger partial charge < -0.3 is 4.90 Å². The van der Waals surface area contributed by atoms with Crippen molar-refractivity contribution >= 4 is 0 Å². The summed E-state index contributed by atoms with van der Waals surface area (Å²) in [6.45, 7) is 13.2. The molecule has 0 heterocycles. The van der Waals surface area contributed by atoms with Crippen molar-refractivity contribution in [1.82, 2.24) is 4.90 Å². The second-order valence-corrected chi connectivity index (χ2v) is 4.12. The number of unbranched alkanes of at least 4 members (excludes halogenated alkanes) is 2. The molecule has 1 unspecified atom stereocenters. The molecule has 1 atom stereocenters. The lowest BCUT2D eigenvalue weighted by Gasteiger charge is -2.28. The Labute approximate surface area is 90.2 Å². The molecule has 84 valence electrons. The molecular weight excluding hydrogens is 170 g/mol. The Balaban J connectivity index is 3.86. The van der Waals surface area contributed by atoms with Crippen LogP contribution < -0.4 is 0 Å². The second-order valence-electron chi connectivity index (χ2n) is 4.12. The fourth-order valence-corrected chi connectivity index (χ4v) is 1.67. The van der Waals surface area contributed by atoms with Crippen molar-refractivity contribution in [3.05, 3.63) is 12.7 Å². The van der Waals surface area contributed by atoms with Crippen LogP contribution in [0.25, 0.3) is 0 Å². The lowest BCUT2D eigenvalue weighted by atomic mass is 10.1. The van der Waals surface area contributed by atoms with Gasteiger partial charge in [-0.2, -0.15) is 0 Å². The zero-order valence-corrected chi connectivity index (χ0v) is 10.3. The van der Waals surface area contributed by atoms with Crippen LogP contribution in [0, 0.1) is 0 Å². The maximum atomic E-state index is 3.82. The number of hydrogen-bond acceptors (Lipinski definition) is 1. The average molecular weight is 197 g/mol. The summed E-state index contributed by atoms with van der Waals surface area (Å²) in [4.78, 5) is 2.61. The number of nitrogens with zero attached hydrogens (tertiary/aromatic N) is 1. The first-order valence-electron chi connectivity index (χ1n) is 6.11. The quantitative estimate of drug-likeness (QED) is 0.507. The molecule has 0 radical (unpaired) electrons. The van der Waals surface area contributed by atoms with Crippen LogP contribution in [0.5, 0.6) is 0 Å². The van der Waals surface area contributed by atoms with Crippen LogP contribution >= 0.6 is 0 Å². The molecule has 0 saturated heterocycles. The highest BCUT2D eigenvalue weighted by atomic mass is 15.1. The summed E-state index contributed by atoms with van der Waals surface area (Å²) >= 11 is 0. The minimum atomic E-state index is 0.672. The van der Waals surface area contributed by atoms with E-state index in [0.717, 1.165) is 6.42 Å². The highest BCUT2D eigenvalue weighted by Crippen LogP contribution is 2.08. The van der Waals surface area contributed by atoms with E-state index in [9.17, 15) is 0 Å². The van der Waals surface area contributed by atoms with E-state index in [1.54, 1.807) is 0 Å². The second kappa shape index (κ2) is 9.26. The molecule has 0 aliphatic carbocycles. The molecular formula is C13H27N. The van der Waals surface area contributed by atoms with Gasteiger partial charge in [0, 0.05) is 6.04 Å². The maximum Gasteiger partial charge on any atom is 0.0101 e. The van der Waals surface area contributed by atoms with Crippen molar-refractivity contribution in [3.8, 4) is 0 Å². The van der Waals surface area contributed by atoms with Gasteiger partial charge in [0.25, 0.3) is 0 Å². The van der Waals surface area contributed by atoms with Crippen LogP contribution in [0.3, 0.4) is 0 Å². The van der Waals surface area contributed by atoms with Crippen LogP contribution in [0.2, 0.25) is 0 Å². The van der Waals surface area contributed by atoms with Crippen molar-refractivity contribution < 1.29 is 0 Å². The summed E-state index contributed by atoms with van der Waals surface area (Å²) < 4.78 is 0. The molecule has 0 N–H and O–H groups in total. The molecule has 1 nitrogen and oxygen atoms in total. The Bertz CT molecular complexity index is 123. The molecule has 0 aromatic rings. The number of hydrogen-bond donors (Lipinski definition) is 0. The van der Waals surface area contributed by atoms with Gasteiger partial charge in [0.1, 0.15) is 0 Å². The van der Waals surface area contributed by atoms with E-state index in [4.69, 9.17) is 0 Å². The lowest BCUT2D eigenvalue weighted by Crippen LogP contribution is -2.34. The van der Waals surface area contributed by atoms with E-state index in [1.807, 2.05) is 6.08 Å². The summed E-state index contributed by atoms with van der Waals surface area (Å²) in [5.41, 5.74) is 0. The molecule has 0 aromatic heterocycles. The topological polar surface area (TPSA) is 3.24 Å². The Morgan fingerprint density at radius 1 is 1.14 bits per heavy atom. The minimum absolute atomic E-state index is 0.672. The summed E-state index contributed by atoms with van der Waals surface area (Å²) in [5, 5.41) is 0. The van der Waals surface area contributed by atoms with Gasteiger partial charge in [-0.1, -0.05) is 32.8 Å². The summed E-state index contributed by atoms with van der Waals surface area (Å²) in [6, 6.07) is 0.672. The van der Waals surface area contributed by atoms with Crippen molar-refractivity contribution in [1.29, 1.82) is 0 Å². The third-order valence-electron chi connectivity index (χ3n) is 2.73. The van der Waals surface area contributed by atoms with Crippen LogP contribution in [-0.4, -0.2) is 24.0 Å². The smallest absolute Gasteiger partial charge is 0.0101 e. The fourth-order valence-electron chi connectivity index (χ4n) is 1.67. The van der Waals surface area contributed by atoms with Gasteiger partial charge in [0.2, 0.25) is 0 Å². The Hall–Kier alpha value is -0.300. The van der Waals surface area contributed by atoms with E-state index >= 15 is 0 Å². The zero-order valence-electron chi connectivity index (χ0n) is 10.3. The molecule has 1 heteroatoms. The minimum Gasteiger partial charge on any atom is -0.300 e. The van der Waals surface area contributed by atoms with E-state index < -0.39 is 0 Å². The normalized spacial score (nSPS) is 13.1.